The van der Waals surface area contributed by atoms with Gasteiger partial charge in [0, 0.05) is 25.4 Å². The molecule has 2 aromatic rings. The zero-order valence-corrected chi connectivity index (χ0v) is 17.3. The molecule has 0 heterocycles. The summed E-state index contributed by atoms with van der Waals surface area (Å²) in [6.45, 7) is 6.24. The van der Waals surface area contributed by atoms with Crippen molar-refractivity contribution in [1.82, 2.24) is 4.90 Å². The molecule has 6 heteroatoms. The molecule has 0 atom stereocenters. The summed E-state index contributed by atoms with van der Waals surface area (Å²) in [6.07, 6.45) is 0. The Morgan fingerprint density at radius 1 is 0.571 bits per heavy atom. The zero-order chi connectivity index (χ0) is 19.7. The standard InChI is InChI=1S/C22H31NO4S/c28-20-13-23(11-14-24-16-18-26-21-7-3-1-4-8-21)12-15-25-17-19-27-22-9-5-2-6-10-22/h1-10,28H,11-20H2. The van der Waals surface area contributed by atoms with Crippen LogP contribution in [0.4, 0.5) is 0 Å². The van der Waals surface area contributed by atoms with Gasteiger partial charge in [-0.3, -0.25) is 4.90 Å². The van der Waals surface area contributed by atoms with E-state index in [2.05, 4.69) is 17.5 Å². The summed E-state index contributed by atoms with van der Waals surface area (Å²) in [6, 6.07) is 19.6. The van der Waals surface area contributed by atoms with Crippen molar-refractivity contribution in [2.75, 3.05) is 65.0 Å². The van der Waals surface area contributed by atoms with Crippen LogP contribution in [-0.2, 0) is 9.47 Å². The van der Waals surface area contributed by atoms with Crippen LogP contribution in [0.25, 0.3) is 0 Å². The molecule has 0 radical (unpaired) electrons. The second kappa shape index (κ2) is 15.2. The zero-order valence-electron chi connectivity index (χ0n) is 16.4. The molecule has 28 heavy (non-hydrogen) atoms. The van der Waals surface area contributed by atoms with Gasteiger partial charge >= 0.3 is 0 Å². The highest BCUT2D eigenvalue weighted by molar-refractivity contribution is 7.80. The molecule has 0 aliphatic carbocycles. The molecule has 0 N–H and O–H groups in total. The van der Waals surface area contributed by atoms with E-state index in [1.807, 2.05) is 60.7 Å². The van der Waals surface area contributed by atoms with E-state index in [0.717, 1.165) is 36.9 Å². The van der Waals surface area contributed by atoms with Crippen LogP contribution in [-0.4, -0.2) is 69.9 Å². The molecular formula is C22H31NO4S. The van der Waals surface area contributed by atoms with Crippen LogP contribution in [0, 0.1) is 0 Å². The van der Waals surface area contributed by atoms with E-state index in [0.29, 0.717) is 39.6 Å². The Morgan fingerprint density at radius 3 is 1.46 bits per heavy atom. The van der Waals surface area contributed by atoms with E-state index in [9.17, 15) is 0 Å². The quantitative estimate of drug-likeness (QED) is 0.342. The Balaban J connectivity index is 1.46. The summed E-state index contributed by atoms with van der Waals surface area (Å²) >= 11 is 4.33. The molecule has 5 nitrogen and oxygen atoms in total. The predicted molar refractivity (Wildman–Crippen MR) is 116 cm³/mol. The maximum Gasteiger partial charge on any atom is 0.119 e. The second-order valence-electron chi connectivity index (χ2n) is 6.11. The number of ether oxygens (including phenoxy) is 4. The van der Waals surface area contributed by atoms with Crippen LogP contribution in [0.3, 0.4) is 0 Å². The number of para-hydroxylation sites is 2. The van der Waals surface area contributed by atoms with Gasteiger partial charge in [-0.15, -0.1) is 0 Å². The molecule has 0 saturated carbocycles. The summed E-state index contributed by atoms with van der Waals surface area (Å²) in [5.74, 6) is 2.56. The highest BCUT2D eigenvalue weighted by Gasteiger charge is 2.04. The minimum absolute atomic E-state index is 0.557. The SMILES string of the molecule is SCCN(CCOCCOc1ccccc1)CCOCCOc1ccccc1. The van der Waals surface area contributed by atoms with Crippen molar-refractivity contribution in [3.05, 3.63) is 60.7 Å². The van der Waals surface area contributed by atoms with E-state index in [1.165, 1.54) is 0 Å². The maximum atomic E-state index is 5.67. The van der Waals surface area contributed by atoms with Gasteiger partial charge in [0.2, 0.25) is 0 Å². The summed E-state index contributed by atoms with van der Waals surface area (Å²) < 4.78 is 22.6. The molecule has 154 valence electrons. The van der Waals surface area contributed by atoms with Gasteiger partial charge in [0.1, 0.15) is 24.7 Å². The Bertz CT molecular complexity index is 549. The topological polar surface area (TPSA) is 40.2 Å². The van der Waals surface area contributed by atoms with Gasteiger partial charge in [-0.1, -0.05) is 36.4 Å². The summed E-state index contributed by atoms with van der Waals surface area (Å²) in [5, 5.41) is 0. The Kier molecular flexibility index (Phi) is 12.3. The molecular weight excluding hydrogens is 374 g/mol. The fraction of sp³-hybridized carbons (Fsp3) is 0.455. The van der Waals surface area contributed by atoms with Gasteiger partial charge in [-0.2, -0.15) is 12.6 Å². The number of nitrogens with zero attached hydrogens (tertiary/aromatic N) is 1. The van der Waals surface area contributed by atoms with Crippen LogP contribution in [0.1, 0.15) is 0 Å². The molecule has 2 rings (SSSR count). The Morgan fingerprint density at radius 2 is 1.04 bits per heavy atom. The third kappa shape index (κ3) is 10.6. The molecule has 0 bridgehead atoms. The van der Waals surface area contributed by atoms with Crippen LogP contribution in [0.15, 0.2) is 60.7 Å². The lowest BCUT2D eigenvalue weighted by molar-refractivity contribution is 0.0576. The highest BCUT2D eigenvalue weighted by atomic mass is 32.1. The van der Waals surface area contributed by atoms with Gasteiger partial charge < -0.3 is 18.9 Å². The molecule has 0 aromatic heterocycles. The third-order valence-electron chi connectivity index (χ3n) is 4.00. The van der Waals surface area contributed by atoms with Crippen molar-refractivity contribution < 1.29 is 18.9 Å². The molecule has 0 aliphatic heterocycles. The van der Waals surface area contributed by atoms with Crippen molar-refractivity contribution >= 4 is 12.6 Å². The van der Waals surface area contributed by atoms with E-state index >= 15 is 0 Å². The van der Waals surface area contributed by atoms with Crippen molar-refractivity contribution in [2.24, 2.45) is 0 Å². The molecule has 0 amide bonds. The molecule has 0 unspecified atom stereocenters. The molecule has 2 aromatic carbocycles. The molecule has 0 fully saturated rings. The summed E-state index contributed by atoms with van der Waals surface area (Å²) in [5.41, 5.74) is 0. The number of hydrogen-bond acceptors (Lipinski definition) is 6. The van der Waals surface area contributed by atoms with Crippen molar-refractivity contribution in [3.63, 3.8) is 0 Å². The van der Waals surface area contributed by atoms with Gasteiger partial charge in [0.25, 0.3) is 0 Å². The normalized spacial score (nSPS) is 10.9. The average molecular weight is 406 g/mol. The van der Waals surface area contributed by atoms with Gasteiger partial charge in [-0.25, -0.2) is 0 Å². The first-order chi connectivity index (χ1) is 13.9. The van der Waals surface area contributed by atoms with E-state index in [1.54, 1.807) is 0 Å². The number of thiol groups is 1. The first-order valence-corrected chi connectivity index (χ1v) is 10.4. The largest absolute Gasteiger partial charge is 0.491 e. The number of hydrogen-bond donors (Lipinski definition) is 1. The van der Waals surface area contributed by atoms with Gasteiger partial charge in [0.15, 0.2) is 0 Å². The lowest BCUT2D eigenvalue weighted by atomic mass is 10.3. The van der Waals surface area contributed by atoms with Crippen LogP contribution >= 0.6 is 12.6 Å². The Labute approximate surface area is 174 Å². The molecule has 0 saturated heterocycles. The van der Waals surface area contributed by atoms with Crippen molar-refractivity contribution in [2.45, 2.75) is 0 Å². The highest BCUT2D eigenvalue weighted by Crippen LogP contribution is 2.08. The minimum atomic E-state index is 0.557. The smallest absolute Gasteiger partial charge is 0.119 e. The molecule has 0 spiro atoms. The van der Waals surface area contributed by atoms with Crippen LogP contribution in [0.2, 0.25) is 0 Å². The van der Waals surface area contributed by atoms with Crippen LogP contribution < -0.4 is 9.47 Å². The van der Waals surface area contributed by atoms with E-state index < -0.39 is 0 Å². The first-order valence-electron chi connectivity index (χ1n) is 9.73. The predicted octanol–water partition coefficient (Wildman–Crippen LogP) is 3.41. The monoisotopic (exact) mass is 405 g/mol. The fourth-order valence-corrected chi connectivity index (χ4v) is 2.82. The summed E-state index contributed by atoms with van der Waals surface area (Å²) in [4.78, 5) is 2.29. The lowest BCUT2D eigenvalue weighted by Crippen LogP contribution is -2.33. The van der Waals surface area contributed by atoms with Crippen molar-refractivity contribution in [3.8, 4) is 11.5 Å². The second-order valence-corrected chi connectivity index (χ2v) is 6.56. The number of rotatable bonds is 16. The van der Waals surface area contributed by atoms with Crippen molar-refractivity contribution in [1.29, 1.82) is 0 Å². The molecule has 0 aliphatic rings. The number of benzene rings is 2. The van der Waals surface area contributed by atoms with Gasteiger partial charge in [-0.05, 0) is 24.3 Å². The lowest BCUT2D eigenvalue weighted by Gasteiger charge is -2.21. The summed E-state index contributed by atoms with van der Waals surface area (Å²) in [7, 11) is 0. The van der Waals surface area contributed by atoms with E-state index in [4.69, 9.17) is 18.9 Å². The van der Waals surface area contributed by atoms with E-state index in [-0.39, 0.29) is 0 Å². The maximum absolute atomic E-state index is 5.67. The Hall–Kier alpha value is -1.73. The minimum Gasteiger partial charge on any atom is -0.491 e. The van der Waals surface area contributed by atoms with Crippen LogP contribution in [0.5, 0.6) is 11.5 Å². The average Bonchev–Trinajstić information content (AvgIpc) is 2.74. The first kappa shape index (κ1) is 22.6. The van der Waals surface area contributed by atoms with Gasteiger partial charge in [0.05, 0.1) is 26.4 Å². The third-order valence-corrected chi connectivity index (χ3v) is 4.20. The fourth-order valence-electron chi connectivity index (χ4n) is 2.54.